The molecule has 0 aromatic heterocycles. The van der Waals surface area contributed by atoms with Crippen LogP contribution in [0.1, 0.15) is 44.2 Å². The molecular weight excluding hydrogens is 416 g/mol. The molecule has 1 N–H and O–H groups in total. The topological polar surface area (TPSA) is 49.4 Å². The van der Waals surface area contributed by atoms with Crippen LogP contribution in [-0.4, -0.2) is 29.3 Å². The summed E-state index contributed by atoms with van der Waals surface area (Å²) in [5.41, 5.74) is 2.05. The van der Waals surface area contributed by atoms with Gasteiger partial charge in [0.05, 0.1) is 0 Å². The van der Waals surface area contributed by atoms with Gasteiger partial charge in [0.2, 0.25) is 11.8 Å². The second-order valence-electron chi connectivity index (χ2n) is 6.89. The molecule has 0 bridgehead atoms. The highest BCUT2D eigenvalue weighted by molar-refractivity contribution is 9.10. The predicted molar refractivity (Wildman–Crippen MR) is 117 cm³/mol. The fraction of sp³-hybridized carbons (Fsp3) is 0.391. The van der Waals surface area contributed by atoms with E-state index in [4.69, 9.17) is 0 Å². The number of benzene rings is 2. The Kier molecular flexibility index (Phi) is 9.21. The molecule has 28 heavy (non-hydrogen) atoms. The number of hydrogen-bond donors (Lipinski definition) is 1. The van der Waals surface area contributed by atoms with Crippen LogP contribution in [0.15, 0.2) is 59.1 Å². The molecule has 2 rings (SSSR count). The monoisotopic (exact) mass is 444 g/mol. The second-order valence-corrected chi connectivity index (χ2v) is 7.81. The molecular formula is C23H29BrN2O2. The van der Waals surface area contributed by atoms with Crippen LogP contribution >= 0.6 is 15.9 Å². The van der Waals surface area contributed by atoms with E-state index >= 15 is 0 Å². The summed E-state index contributed by atoms with van der Waals surface area (Å²) in [6, 6.07) is 17.2. The third-order valence-electron chi connectivity index (χ3n) is 4.55. The SMILES string of the molecule is CCCNC(=O)[C@H](Cc1ccccc1)N(Cc1ccc(Br)cc1)C(=O)CCC. The average molecular weight is 445 g/mol. The lowest BCUT2D eigenvalue weighted by molar-refractivity contribution is -0.141. The van der Waals surface area contributed by atoms with Crippen molar-refractivity contribution in [3.8, 4) is 0 Å². The zero-order valence-corrected chi connectivity index (χ0v) is 18.2. The summed E-state index contributed by atoms with van der Waals surface area (Å²) in [4.78, 5) is 27.7. The summed E-state index contributed by atoms with van der Waals surface area (Å²) < 4.78 is 0.990. The smallest absolute Gasteiger partial charge is 0.243 e. The van der Waals surface area contributed by atoms with Gasteiger partial charge < -0.3 is 10.2 Å². The number of hydrogen-bond acceptors (Lipinski definition) is 2. The van der Waals surface area contributed by atoms with Gasteiger partial charge in [-0.15, -0.1) is 0 Å². The maximum absolute atomic E-state index is 13.0. The van der Waals surface area contributed by atoms with Crippen LogP contribution in [0.2, 0.25) is 0 Å². The summed E-state index contributed by atoms with van der Waals surface area (Å²) >= 11 is 3.45. The molecule has 5 heteroatoms. The Labute approximate surface area is 176 Å². The van der Waals surface area contributed by atoms with E-state index in [0.29, 0.717) is 25.9 Å². The maximum Gasteiger partial charge on any atom is 0.243 e. The molecule has 1 atom stereocenters. The van der Waals surface area contributed by atoms with Gasteiger partial charge in [0.15, 0.2) is 0 Å². The fourth-order valence-corrected chi connectivity index (χ4v) is 3.33. The normalized spacial score (nSPS) is 11.7. The molecule has 2 aromatic carbocycles. The lowest BCUT2D eigenvalue weighted by Gasteiger charge is -2.31. The molecule has 0 radical (unpaired) electrons. The average Bonchev–Trinajstić information content (AvgIpc) is 2.71. The summed E-state index contributed by atoms with van der Waals surface area (Å²) in [7, 11) is 0. The highest BCUT2D eigenvalue weighted by Crippen LogP contribution is 2.18. The number of nitrogens with one attached hydrogen (secondary N) is 1. The quantitative estimate of drug-likeness (QED) is 0.576. The summed E-state index contributed by atoms with van der Waals surface area (Å²) in [5, 5.41) is 2.98. The van der Waals surface area contributed by atoms with Crippen LogP contribution in [0.4, 0.5) is 0 Å². The van der Waals surface area contributed by atoms with Gasteiger partial charge in [0, 0.05) is 30.4 Å². The van der Waals surface area contributed by atoms with Gasteiger partial charge in [-0.2, -0.15) is 0 Å². The Morgan fingerprint density at radius 3 is 2.25 bits per heavy atom. The highest BCUT2D eigenvalue weighted by atomic mass is 79.9. The molecule has 2 amide bonds. The van der Waals surface area contributed by atoms with Crippen molar-refractivity contribution < 1.29 is 9.59 Å². The minimum Gasteiger partial charge on any atom is -0.354 e. The number of amides is 2. The molecule has 2 aromatic rings. The molecule has 4 nitrogen and oxygen atoms in total. The largest absolute Gasteiger partial charge is 0.354 e. The van der Waals surface area contributed by atoms with Crippen LogP contribution in [-0.2, 0) is 22.6 Å². The second kappa shape index (κ2) is 11.6. The number of carbonyl (C=O) groups is 2. The third kappa shape index (κ3) is 6.79. The molecule has 0 saturated heterocycles. The molecule has 150 valence electrons. The van der Waals surface area contributed by atoms with E-state index in [1.54, 1.807) is 4.90 Å². The lowest BCUT2D eigenvalue weighted by atomic mass is 10.0. The van der Waals surface area contributed by atoms with Gasteiger partial charge in [-0.3, -0.25) is 9.59 Å². The Bertz CT molecular complexity index is 747. The van der Waals surface area contributed by atoms with Gasteiger partial charge in [-0.25, -0.2) is 0 Å². The van der Waals surface area contributed by atoms with Crippen molar-refractivity contribution in [2.24, 2.45) is 0 Å². The molecule has 0 aliphatic rings. The molecule has 0 aliphatic carbocycles. The first-order valence-electron chi connectivity index (χ1n) is 9.90. The van der Waals surface area contributed by atoms with Crippen molar-refractivity contribution in [3.05, 3.63) is 70.2 Å². The Morgan fingerprint density at radius 2 is 1.64 bits per heavy atom. The molecule has 0 spiro atoms. The fourth-order valence-electron chi connectivity index (χ4n) is 3.06. The number of carbonyl (C=O) groups excluding carboxylic acids is 2. The van der Waals surface area contributed by atoms with Crippen molar-refractivity contribution in [1.82, 2.24) is 10.2 Å². The molecule has 0 unspecified atom stereocenters. The summed E-state index contributed by atoms with van der Waals surface area (Å²) in [6.45, 7) is 5.04. The molecule has 0 saturated carbocycles. The minimum absolute atomic E-state index is 0.0120. The van der Waals surface area contributed by atoms with Crippen molar-refractivity contribution in [2.75, 3.05) is 6.54 Å². The van der Waals surface area contributed by atoms with Gasteiger partial charge in [-0.1, -0.05) is 72.2 Å². The van der Waals surface area contributed by atoms with E-state index in [9.17, 15) is 9.59 Å². The van der Waals surface area contributed by atoms with Crippen LogP contribution in [0.3, 0.4) is 0 Å². The number of nitrogens with zero attached hydrogens (tertiary/aromatic N) is 1. The van der Waals surface area contributed by atoms with Crippen molar-refractivity contribution in [3.63, 3.8) is 0 Å². The van der Waals surface area contributed by atoms with Crippen molar-refractivity contribution in [2.45, 2.75) is 52.1 Å². The number of halogens is 1. The third-order valence-corrected chi connectivity index (χ3v) is 5.08. The van der Waals surface area contributed by atoms with Gasteiger partial charge >= 0.3 is 0 Å². The highest BCUT2D eigenvalue weighted by Gasteiger charge is 2.29. The molecule has 0 aliphatic heterocycles. The molecule has 0 fully saturated rings. The van der Waals surface area contributed by atoms with Crippen LogP contribution in [0, 0.1) is 0 Å². The zero-order valence-electron chi connectivity index (χ0n) is 16.7. The van der Waals surface area contributed by atoms with E-state index in [0.717, 1.165) is 28.4 Å². The van der Waals surface area contributed by atoms with Crippen molar-refractivity contribution >= 4 is 27.7 Å². The van der Waals surface area contributed by atoms with Gasteiger partial charge in [0.1, 0.15) is 6.04 Å². The Balaban J connectivity index is 2.32. The van der Waals surface area contributed by atoms with E-state index in [1.807, 2.05) is 68.4 Å². The first kappa shape index (κ1) is 22.2. The van der Waals surface area contributed by atoms with E-state index in [-0.39, 0.29) is 11.8 Å². The lowest BCUT2D eigenvalue weighted by Crippen LogP contribution is -2.50. The Hall–Kier alpha value is -2.14. The number of rotatable bonds is 10. The predicted octanol–water partition coefficient (Wildman–Crippen LogP) is 4.72. The zero-order chi connectivity index (χ0) is 20.4. The molecule has 0 heterocycles. The maximum atomic E-state index is 13.0. The van der Waals surface area contributed by atoms with E-state index in [2.05, 4.69) is 21.2 Å². The van der Waals surface area contributed by atoms with Crippen molar-refractivity contribution in [1.29, 1.82) is 0 Å². The van der Waals surface area contributed by atoms with Gasteiger partial charge in [-0.05, 0) is 36.1 Å². The van der Waals surface area contributed by atoms with Crippen LogP contribution in [0.5, 0.6) is 0 Å². The minimum atomic E-state index is -0.531. The van der Waals surface area contributed by atoms with Crippen LogP contribution < -0.4 is 5.32 Å². The Morgan fingerprint density at radius 1 is 0.964 bits per heavy atom. The standard InChI is InChI=1S/C23H29BrN2O2/c1-3-8-22(27)26(17-19-11-13-20(24)14-12-19)21(23(28)25-15-4-2)16-18-9-6-5-7-10-18/h5-7,9-14,21H,3-4,8,15-17H2,1-2H3,(H,25,28)/t21-/m0/s1. The van der Waals surface area contributed by atoms with Crippen LogP contribution in [0.25, 0.3) is 0 Å². The first-order valence-corrected chi connectivity index (χ1v) is 10.7. The first-order chi connectivity index (χ1) is 13.5. The summed E-state index contributed by atoms with van der Waals surface area (Å²) in [5.74, 6) is -0.0785. The van der Waals surface area contributed by atoms with Gasteiger partial charge in [0.25, 0.3) is 0 Å². The van der Waals surface area contributed by atoms with E-state index < -0.39 is 6.04 Å². The summed E-state index contributed by atoms with van der Waals surface area (Å²) in [6.07, 6.45) is 2.55. The van der Waals surface area contributed by atoms with E-state index in [1.165, 1.54) is 0 Å².